The summed E-state index contributed by atoms with van der Waals surface area (Å²) in [6.45, 7) is 0. The maximum Gasteiger partial charge on any atom is 0.306 e. The molecule has 7 nitrogen and oxygen atoms in total. The quantitative estimate of drug-likeness (QED) is 0.117. The van der Waals surface area contributed by atoms with Crippen LogP contribution in [0, 0.1) is 15.9 Å². The van der Waals surface area contributed by atoms with E-state index < -0.39 is 32.3 Å². The highest BCUT2D eigenvalue weighted by atomic mass is 35.6. The second-order valence-corrected chi connectivity index (χ2v) is 9.66. The normalized spacial score (nSPS) is 11.3. The van der Waals surface area contributed by atoms with Gasteiger partial charge in [0.2, 0.25) is 15.5 Å². The van der Waals surface area contributed by atoms with Gasteiger partial charge >= 0.3 is 5.69 Å². The minimum atomic E-state index is -1.97. The van der Waals surface area contributed by atoms with Gasteiger partial charge in [0.05, 0.1) is 11.3 Å². The van der Waals surface area contributed by atoms with E-state index in [1.807, 2.05) is 42.5 Å². The molecule has 1 unspecified atom stereocenters. The number of anilines is 1. The molecule has 184 valence electrons. The third kappa shape index (κ3) is 10.4. The van der Waals surface area contributed by atoms with Crippen molar-refractivity contribution in [2.24, 2.45) is 0 Å². The average Bonchev–Trinajstić information content (AvgIpc) is 2.81. The molecule has 0 bridgehead atoms. The first-order valence-corrected chi connectivity index (χ1v) is 11.5. The van der Waals surface area contributed by atoms with Crippen molar-refractivity contribution in [3.05, 3.63) is 106 Å². The molecule has 0 spiro atoms. The lowest BCUT2D eigenvalue weighted by Crippen LogP contribution is -2.56. The molecule has 0 aliphatic carbocycles. The van der Waals surface area contributed by atoms with Gasteiger partial charge in [-0.3, -0.25) is 14.9 Å². The predicted octanol–water partition coefficient (Wildman–Crippen LogP) is 5.76. The Balaban J connectivity index is 0.000000625. The van der Waals surface area contributed by atoms with Crippen molar-refractivity contribution in [1.82, 2.24) is 10.6 Å². The zero-order chi connectivity index (χ0) is 25.8. The lowest BCUT2D eigenvalue weighted by molar-refractivity contribution is -0.387. The van der Waals surface area contributed by atoms with E-state index in [0.29, 0.717) is 0 Å². The number of rotatable bonds is 6. The van der Waals surface area contributed by atoms with Gasteiger partial charge in [0.25, 0.3) is 0 Å². The monoisotopic (exact) mass is 556 g/mol. The molecule has 0 aliphatic rings. The van der Waals surface area contributed by atoms with Crippen molar-refractivity contribution in [2.75, 3.05) is 5.32 Å². The van der Waals surface area contributed by atoms with Crippen molar-refractivity contribution < 1.29 is 14.1 Å². The van der Waals surface area contributed by atoms with Crippen LogP contribution in [0.3, 0.4) is 0 Å². The largest absolute Gasteiger partial charge is 0.339 e. The Morgan fingerprint density at radius 3 is 2.03 bits per heavy atom. The van der Waals surface area contributed by atoms with Crippen LogP contribution in [0.15, 0.2) is 84.9 Å². The standard InChI is InChI=1S/C17H14Cl3FN4O3S.C6H6/c18-17(19,20)15(23-14(26)8-10-4-2-1-3-5-10)24-16(29)22-11-6-7-12(21)13(9-11)25(27)28;1-2-4-6-5-3-1/h1-7,9,15H,8H2,(H,23,26)(H2,22,24,29);1-6H. The van der Waals surface area contributed by atoms with Gasteiger partial charge in [0.15, 0.2) is 5.11 Å². The number of hydrogen-bond acceptors (Lipinski definition) is 4. The van der Waals surface area contributed by atoms with Crippen LogP contribution in [0.1, 0.15) is 5.56 Å². The molecule has 3 aromatic carbocycles. The number of amides is 1. The molecule has 1 atom stereocenters. The van der Waals surface area contributed by atoms with Gasteiger partial charge in [-0.25, -0.2) is 0 Å². The molecule has 0 saturated heterocycles. The smallest absolute Gasteiger partial charge is 0.306 e. The van der Waals surface area contributed by atoms with Crippen molar-refractivity contribution in [3.63, 3.8) is 0 Å². The summed E-state index contributed by atoms with van der Waals surface area (Å²) in [6.07, 6.45) is -1.16. The Morgan fingerprint density at radius 1 is 0.971 bits per heavy atom. The maximum absolute atomic E-state index is 13.4. The van der Waals surface area contributed by atoms with E-state index in [0.717, 1.165) is 17.7 Å². The van der Waals surface area contributed by atoms with Gasteiger partial charge in [-0.15, -0.1) is 0 Å². The van der Waals surface area contributed by atoms with E-state index in [9.17, 15) is 19.3 Å². The second kappa shape index (κ2) is 13.8. The first kappa shape index (κ1) is 28.3. The number of nitrogens with zero attached hydrogens (tertiary/aromatic N) is 1. The summed E-state index contributed by atoms with van der Waals surface area (Å²) >= 11 is 22.8. The summed E-state index contributed by atoms with van der Waals surface area (Å²) in [5, 5.41) is 18.5. The molecule has 3 N–H and O–H groups in total. The first-order valence-electron chi connectivity index (χ1n) is 9.97. The highest BCUT2D eigenvalue weighted by molar-refractivity contribution is 7.80. The number of thiocarbonyl (C=S) groups is 1. The number of nitrogens with one attached hydrogen (secondary N) is 3. The van der Waals surface area contributed by atoms with Crippen molar-refractivity contribution >= 4 is 69.4 Å². The van der Waals surface area contributed by atoms with Crippen LogP contribution in [-0.2, 0) is 11.2 Å². The van der Waals surface area contributed by atoms with Gasteiger partial charge in [-0.05, 0) is 29.9 Å². The average molecular weight is 558 g/mol. The summed E-state index contributed by atoms with van der Waals surface area (Å²) in [5.41, 5.74) is 0.161. The number of benzene rings is 3. The van der Waals surface area contributed by atoms with Crippen LogP contribution in [0.2, 0.25) is 0 Å². The van der Waals surface area contributed by atoms with E-state index in [2.05, 4.69) is 16.0 Å². The molecule has 0 heterocycles. The highest BCUT2D eigenvalue weighted by Crippen LogP contribution is 2.29. The zero-order valence-electron chi connectivity index (χ0n) is 18.0. The number of nitro groups is 1. The topological polar surface area (TPSA) is 96.3 Å². The summed E-state index contributed by atoms with van der Waals surface area (Å²) in [7, 11) is 0. The number of carbonyl (C=O) groups is 1. The van der Waals surface area contributed by atoms with Gasteiger partial charge in [0.1, 0.15) is 6.17 Å². The fourth-order valence-electron chi connectivity index (χ4n) is 2.61. The minimum absolute atomic E-state index is 0.0457. The van der Waals surface area contributed by atoms with E-state index in [1.165, 1.54) is 6.07 Å². The third-order valence-electron chi connectivity index (χ3n) is 4.18. The van der Waals surface area contributed by atoms with Gasteiger partial charge < -0.3 is 16.0 Å². The molecule has 0 aliphatic heterocycles. The highest BCUT2D eigenvalue weighted by Gasteiger charge is 2.34. The van der Waals surface area contributed by atoms with E-state index in [1.54, 1.807) is 24.3 Å². The van der Waals surface area contributed by atoms with Gasteiger partial charge in [0, 0.05) is 11.8 Å². The predicted molar refractivity (Wildman–Crippen MR) is 141 cm³/mol. The van der Waals surface area contributed by atoms with Crippen LogP contribution < -0.4 is 16.0 Å². The van der Waals surface area contributed by atoms with Crippen LogP contribution in [0.5, 0.6) is 0 Å². The molecular formula is C23H20Cl3FN4O3S. The number of hydrogen-bond donors (Lipinski definition) is 3. The Morgan fingerprint density at radius 2 is 1.51 bits per heavy atom. The summed E-state index contributed by atoms with van der Waals surface area (Å²) in [6, 6.07) is 24.0. The van der Waals surface area contributed by atoms with Crippen molar-refractivity contribution in [3.8, 4) is 0 Å². The number of nitro benzene ring substituents is 1. The van der Waals surface area contributed by atoms with Crippen LogP contribution in [0.25, 0.3) is 0 Å². The summed E-state index contributed by atoms with van der Waals surface area (Å²) in [4.78, 5) is 22.2. The van der Waals surface area contributed by atoms with Gasteiger partial charge in [-0.1, -0.05) is 102 Å². The minimum Gasteiger partial charge on any atom is -0.339 e. The van der Waals surface area contributed by atoms with Crippen molar-refractivity contribution in [2.45, 2.75) is 16.4 Å². The number of alkyl halides is 3. The molecule has 0 radical (unpaired) electrons. The summed E-state index contributed by atoms with van der Waals surface area (Å²) in [5.74, 6) is -1.42. The number of halogens is 4. The maximum atomic E-state index is 13.4. The molecule has 3 rings (SSSR count). The zero-order valence-corrected chi connectivity index (χ0v) is 21.0. The summed E-state index contributed by atoms with van der Waals surface area (Å²) < 4.78 is 11.5. The SMILES string of the molecule is O=C(Cc1ccccc1)NC(NC(=S)Nc1ccc(F)c([N+](=O)[O-])c1)C(Cl)(Cl)Cl.c1ccccc1. The van der Waals surface area contributed by atoms with E-state index in [4.69, 9.17) is 47.0 Å². The molecule has 35 heavy (non-hydrogen) atoms. The van der Waals surface area contributed by atoms with Crippen molar-refractivity contribution in [1.29, 1.82) is 0 Å². The first-order chi connectivity index (χ1) is 16.6. The van der Waals surface area contributed by atoms with Crippen LogP contribution in [-0.4, -0.2) is 25.9 Å². The van der Waals surface area contributed by atoms with E-state index >= 15 is 0 Å². The molecular weight excluding hydrogens is 538 g/mol. The van der Waals surface area contributed by atoms with E-state index in [-0.39, 0.29) is 17.2 Å². The fourth-order valence-corrected chi connectivity index (χ4v) is 3.17. The molecule has 0 saturated carbocycles. The Kier molecular flexibility index (Phi) is 11.1. The molecule has 0 fully saturated rings. The Hall–Kier alpha value is -2.98. The Labute approximate surface area is 221 Å². The molecule has 1 amide bonds. The van der Waals surface area contributed by atoms with Crippen LogP contribution in [0.4, 0.5) is 15.8 Å². The second-order valence-electron chi connectivity index (χ2n) is 6.88. The molecule has 0 aromatic heterocycles. The molecule has 12 heteroatoms. The molecule has 3 aromatic rings. The third-order valence-corrected chi connectivity index (χ3v) is 5.06. The number of carbonyl (C=O) groups excluding carboxylic acids is 1. The van der Waals surface area contributed by atoms with Gasteiger partial charge in [-0.2, -0.15) is 4.39 Å². The lowest BCUT2D eigenvalue weighted by atomic mass is 10.1. The Bertz CT molecular complexity index is 1110. The fraction of sp³-hybridized carbons (Fsp3) is 0.130. The van der Waals surface area contributed by atoms with Crippen LogP contribution >= 0.6 is 47.0 Å². The lowest BCUT2D eigenvalue weighted by Gasteiger charge is -2.27.